The Morgan fingerprint density at radius 3 is 2.19 bits per heavy atom. The molecule has 7 nitrogen and oxygen atoms in total. The fourth-order valence-electron chi connectivity index (χ4n) is 3.03. The van der Waals surface area contributed by atoms with Gasteiger partial charge in [-0.25, -0.2) is 13.1 Å². The molecular weight excluding hydrogens is 364 g/mol. The zero-order chi connectivity index (χ0) is 19.8. The third kappa shape index (κ3) is 3.81. The first-order valence-electron chi connectivity index (χ1n) is 8.39. The SMILES string of the molecule is Cc1ccc(C)n1-c1ccc(CNS(=O)(=O)c2cc(C(N)=O)n(C)c2)cc1. The molecule has 0 unspecified atom stereocenters. The van der Waals surface area contributed by atoms with Crippen molar-refractivity contribution < 1.29 is 13.2 Å². The molecule has 3 rings (SSSR count). The summed E-state index contributed by atoms with van der Waals surface area (Å²) >= 11 is 0. The van der Waals surface area contributed by atoms with Crippen LogP contribution in [0.2, 0.25) is 0 Å². The molecule has 0 saturated carbocycles. The second-order valence-corrected chi connectivity index (χ2v) is 8.25. The molecule has 0 aliphatic heterocycles. The fraction of sp³-hybridized carbons (Fsp3) is 0.211. The van der Waals surface area contributed by atoms with Gasteiger partial charge in [0.15, 0.2) is 0 Å². The van der Waals surface area contributed by atoms with E-state index in [4.69, 9.17) is 5.73 Å². The van der Waals surface area contributed by atoms with Gasteiger partial charge >= 0.3 is 0 Å². The van der Waals surface area contributed by atoms with Crippen LogP contribution >= 0.6 is 0 Å². The number of primary amides is 1. The van der Waals surface area contributed by atoms with E-state index in [0.29, 0.717) is 0 Å². The highest BCUT2D eigenvalue weighted by molar-refractivity contribution is 7.89. The summed E-state index contributed by atoms with van der Waals surface area (Å²) in [5.41, 5.74) is 9.49. The normalized spacial score (nSPS) is 11.7. The number of hydrogen-bond donors (Lipinski definition) is 2. The van der Waals surface area contributed by atoms with E-state index in [-0.39, 0.29) is 17.1 Å². The Morgan fingerprint density at radius 1 is 1.07 bits per heavy atom. The number of carbonyl (C=O) groups excluding carboxylic acids is 1. The van der Waals surface area contributed by atoms with Crippen LogP contribution in [0.4, 0.5) is 0 Å². The summed E-state index contributed by atoms with van der Waals surface area (Å²) in [5, 5.41) is 0. The topological polar surface area (TPSA) is 99.1 Å². The summed E-state index contributed by atoms with van der Waals surface area (Å²) in [7, 11) is -2.17. The standard InChI is InChI=1S/C19H22N4O3S/c1-13-4-5-14(2)23(13)16-8-6-15(7-9-16)11-21-27(25,26)17-10-18(19(20)24)22(3)12-17/h4-10,12,21H,11H2,1-3H3,(H2,20,24). The zero-order valence-electron chi connectivity index (χ0n) is 15.4. The third-order valence-electron chi connectivity index (χ3n) is 4.47. The molecule has 3 N–H and O–H groups in total. The molecule has 1 amide bonds. The maximum atomic E-state index is 12.5. The highest BCUT2D eigenvalue weighted by Gasteiger charge is 2.19. The van der Waals surface area contributed by atoms with Crippen LogP contribution < -0.4 is 10.5 Å². The lowest BCUT2D eigenvalue weighted by Gasteiger charge is -2.11. The van der Waals surface area contributed by atoms with Gasteiger partial charge < -0.3 is 14.9 Å². The largest absolute Gasteiger partial charge is 0.364 e. The van der Waals surface area contributed by atoms with E-state index in [1.807, 2.05) is 38.1 Å². The number of carbonyl (C=O) groups is 1. The minimum Gasteiger partial charge on any atom is -0.364 e. The lowest BCUT2D eigenvalue weighted by atomic mass is 10.2. The summed E-state index contributed by atoms with van der Waals surface area (Å²) in [6.45, 7) is 4.22. The molecule has 2 aromatic heterocycles. The van der Waals surface area contributed by atoms with Crippen LogP contribution in [0.1, 0.15) is 27.4 Å². The van der Waals surface area contributed by atoms with Crippen molar-refractivity contribution in [3.05, 3.63) is 71.3 Å². The van der Waals surface area contributed by atoms with Gasteiger partial charge in [0, 0.05) is 36.9 Å². The average Bonchev–Trinajstić information content (AvgIpc) is 3.17. The first-order valence-corrected chi connectivity index (χ1v) is 9.87. The molecule has 3 aromatic rings. The number of aryl methyl sites for hydroxylation is 3. The van der Waals surface area contributed by atoms with Gasteiger partial charge in [-0.3, -0.25) is 4.79 Å². The quantitative estimate of drug-likeness (QED) is 0.678. The fourth-order valence-corrected chi connectivity index (χ4v) is 4.11. The molecule has 0 spiro atoms. The van der Waals surface area contributed by atoms with E-state index in [0.717, 1.165) is 22.6 Å². The molecule has 0 aliphatic carbocycles. The zero-order valence-corrected chi connectivity index (χ0v) is 16.2. The van der Waals surface area contributed by atoms with E-state index < -0.39 is 15.9 Å². The van der Waals surface area contributed by atoms with Crippen LogP contribution in [0.3, 0.4) is 0 Å². The maximum absolute atomic E-state index is 12.5. The number of rotatable bonds is 6. The number of nitrogens with one attached hydrogen (secondary N) is 1. The van der Waals surface area contributed by atoms with Crippen LogP contribution in [-0.4, -0.2) is 23.5 Å². The molecule has 1 aromatic carbocycles. The lowest BCUT2D eigenvalue weighted by molar-refractivity contribution is 0.0992. The molecule has 2 heterocycles. The number of amides is 1. The van der Waals surface area contributed by atoms with Crippen molar-refractivity contribution in [2.24, 2.45) is 12.8 Å². The van der Waals surface area contributed by atoms with Gasteiger partial charge in [-0.15, -0.1) is 0 Å². The molecule has 0 saturated heterocycles. The number of hydrogen-bond acceptors (Lipinski definition) is 3. The Hall–Kier alpha value is -2.84. The molecule has 0 radical (unpaired) electrons. The Morgan fingerprint density at radius 2 is 1.67 bits per heavy atom. The van der Waals surface area contributed by atoms with E-state index in [1.165, 1.54) is 16.8 Å². The Bertz CT molecular complexity index is 1070. The Labute approximate surface area is 158 Å². The van der Waals surface area contributed by atoms with Crippen molar-refractivity contribution in [3.63, 3.8) is 0 Å². The lowest BCUT2D eigenvalue weighted by Crippen LogP contribution is -2.23. The number of benzene rings is 1. The highest BCUT2D eigenvalue weighted by Crippen LogP contribution is 2.18. The molecule has 8 heteroatoms. The van der Waals surface area contributed by atoms with E-state index in [1.54, 1.807) is 7.05 Å². The average molecular weight is 386 g/mol. The van der Waals surface area contributed by atoms with Crippen molar-refractivity contribution in [2.45, 2.75) is 25.3 Å². The van der Waals surface area contributed by atoms with Gasteiger partial charge in [0.05, 0.1) is 0 Å². The molecule has 27 heavy (non-hydrogen) atoms. The smallest absolute Gasteiger partial charge is 0.265 e. The number of nitrogens with zero attached hydrogens (tertiary/aromatic N) is 2. The minimum atomic E-state index is -3.74. The Balaban J connectivity index is 1.74. The molecule has 0 fully saturated rings. The monoisotopic (exact) mass is 386 g/mol. The molecule has 142 valence electrons. The van der Waals surface area contributed by atoms with Crippen molar-refractivity contribution in [3.8, 4) is 5.69 Å². The predicted molar refractivity (Wildman–Crippen MR) is 103 cm³/mol. The van der Waals surface area contributed by atoms with E-state index >= 15 is 0 Å². The third-order valence-corrected chi connectivity index (χ3v) is 5.84. The van der Waals surface area contributed by atoms with Gasteiger partial charge in [-0.05, 0) is 49.7 Å². The highest BCUT2D eigenvalue weighted by atomic mass is 32.2. The maximum Gasteiger partial charge on any atom is 0.265 e. The summed E-state index contributed by atoms with van der Waals surface area (Å²) in [4.78, 5) is 11.3. The van der Waals surface area contributed by atoms with Crippen LogP contribution in [0, 0.1) is 13.8 Å². The summed E-state index contributed by atoms with van der Waals surface area (Å²) in [6.07, 6.45) is 1.36. The van der Waals surface area contributed by atoms with Crippen LogP contribution in [0.5, 0.6) is 0 Å². The van der Waals surface area contributed by atoms with E-state index in [2.05, 4.69) is 21.4 Å². The van der Waals surface area contributed by atoms with Gasteiger partial charge in [0.2, 0.25) is 10.0 Å². The van der Waals surface area contributed by atoms with E-state index in [9.17, 15) is 13.2 Å². The second-order valence-electron chi connectivity index (χ2n) is 6.48. The summed E-state index contributed by atoms with van der Waals surface area (Å²) in [5.74, 6) is -0.676. The molecule has 0 bridgehead atoms. The van der Waals surface area contributed by atoms with Crippen LogP contribution in [0.25, 0.3) is 5.69 Å². The van der Waals surface area contributed by atoms with Crippen LogP contribution in [0.15, 0.2) is 53.6 Å². The minimum absolute atomic E-state index is 0.00834. The van der Waals surface area contributed by atoms with Gasteiger partial charge in [0.1, 0.15) is 10.6 Å². The van der Waals surface area contributed by atoms with Crippen molar-refractivity contribution in [2.75, 3.05) is 0 Å². The van der Waals surface area contributed by atoms with Gasteiger partial charge in [0.25, 0.3) is 5.91 Å². The first kappa shape index (κ1) is 18.9. The van der Waals surface area contributed by atoms with Crippen molar-refractivity contribution in [1.29, 1.82) is 0 Å². The number of aromatic nitrogens is 2. The predicted octanol–water partition coefficient (Wildman–Crippen LogP) is 2.01. The first-order chi connectivity index (χ1) is 12.7. The molecule has 0 atom stereocenters. The Kier molecular flexibility index (Phi) is 4.95. The van der Waals surface area contributed by atoms with Crippen LogP contribution in [-0.2, 0) is 23.6 Å². The van der Waals surface area contributed by atoms with Gasteiger partial charge in [-0.2, -0.15) is 0 Å². The number of sulfonamides is 1. The molecular formula is C19H22N4O3S. The summed E-state index contributed by atoms with van der Waals surface area (Å²) < 4.78 is 31.0. The number of nitrogens with two attached hydrogens (primary N) is 1. The van der Waals surface area contributed by atoms with Crippen molar-refractivity contribution in [1.82, 2.24) is 13.9 Å². The summed E-state index contributed by atoms with van der Waals surface area (Å²) in [6, 6.07) is 13.1. The van der Waals surface area contributed by atoms with Crippen molar-refractivity contribution >= 4 is 15.9 Å². The molecule has 0 aliphatic rings. The van der Waals surface area contributed by atoms with Gasteiger partial charge in [-0.1, -0.05) is 12.1 Å². The second kappa shape index (κ2) is 7.05.